The standard InChI is InChI=1S/C15H12ClN3O3/c1-9(17-14(20)12-3-2-8-21-12)15-18-13(19-22-15)10-4-6-11(16)7-5-10/h2-9H,1H3,(H,17,20)/t9-/m0/s1. The minimum absolute atomic E-state index is 0.226. The zero-order valence-electron chi connectivity index (χ0n) is 11.6. The van der Waals surface area contributed by atoms with Crippen molar-refractivity contribution in [1.29, 1.82) is 0 Å². The number of aromatic nitrogens is 2. The Morgan fingerprint density at radius 2 is 2.05 bits per heavy atom. The summed E-state index contributed by atoms with van der Waals surface area (Å²) in [6.45, 7) is 1.75. The Kier molecular flexibility index (Phi) is 3.93. The van der Waals surface area contributed by atoms with Crippen LogP contribution >= 0.6 is 11.6 Å². The molecule has 0 aliphatic heterocycles. The Bertz CT molecular complexity index is 766. The molecule has 112 valence electrons. The van der Waals surface area contributed by atoms with E-state index >= 15 is 0 Å². The van der Waals surface area contributed by atoms with Crippen LogP contribution in [0.4, 0.5) is 0 Å². The van der Waals surface area contributed by atoms with E-state index in [1.165, 1.54) is 6.26 Å². The number of rotatable bonds is 4. The number of furan rings is 1. The van der Waals surface area contributed by atoms with Crippen LogP contribution in [0.5, 0.6) is 0 Å². The van der Waals surface area contributed by atoms with E-state index in [0.717, 1.165) is 5.56 Å². The second-order valence-corrected chi connectivity index (χ2v) is 5.07. The highest BCUT2D eigenvalue weighted by molar-refractivity contribution is 6.30. The molecule has 3 aromatic rings. The van der Waals surface area contributed by atoms with Crippen molar-refractivity contribution < 1.29 is 13.7 Å². The molecule has 0 aliphatic rings. The Morgan fingerprint density at radius 1 is 1.27 bits per heavy atom. The summed E-state index contributed by atoms with van der Waals surface area (Å²) in [7, 11) is 0. The van der Waals surface area contributed by atoms with E-state index in [0.29, 0.717) is 16.7 Å². The minimum atomic E-state index is -0.439. The van der Waals surface area contributed by atoms with Crippen LogP contribution in [0.25, 0.3) is 11.4 Å². The average Bonchev–Trinajstić information content (AvgIpc) is 3.20. The van der Waals surface area contributed by atoms with Crippen molar-refractivity contribution in [2.75, 3.05) is 0 Å². The van der Waals surface area contributed by atoms with Gasteiger partial charge in [0.1, 0.15) is 6.04 Å². The van der Waals surface area contributed by atoms with Crippen LogP contribution in [0.2, 0.25) is 5.02 Å². The van der Waals surface area contributed by atoms with Gasteiger partial charge in [0.25, 0.3) is 5.91 Å². The summed E-state index contributed by atoms with van der Waals surface area (Å²) in [5, 5.41) is 7.26. The fraction of sp³-hybridized carbons (Fsp3) is 0.133. The Morgan fingerprint density at radius 3 is 2.73 bits per heavy atom. The summed E-state index contributed by atoms with van der Waals surface area (Å²) in [5.74, 6) is 0.628. The van der Waals surface area contributed by atoms with Crippen molar-refractivity contribution >= 4 is 17.5 Å². The van der Waals surface area contributed by atoms with Gasteiger partial charge in [-0.25, -0.2) is 0 Å². The number of amides is 1. The molecule has 1 atom stereocenters. The predicted octanol–water partition coefficient (Wildman–Crippen LogP) is 3.47. The molecule has 0 spiro atoms. The molecule has 2 aromatic heterocycles. The molecule has 1 N–H and O–H groups in total. The van der Waals surface area contributed by atoms with Crippen molar-refractivity contribution in [2.24, 2.45) is 0 Å². The third-order valence-corrected chi connectivity index (χ3v) is 3.26. The van der Waals surface area contributed by atoms with Gasteiger partial charge in [-0.05, 0) is 43.3 Å². The molecule has 0 saturated heterocycles. The summed E-state index contributed by atoms with van der Waals surface area (Å²) in [6.07, 6.45) is 1.44. The van der Waals surface area contributed by atoms with Crippen LogP contribution in [-0.4, -0.2) is 16.0 Å². The molecule has 0 radical (unpaired) electrons. The van der Waals surface area contributed by atoms with Crippen LogP contribution in [-0.2, 0) is 0 Å². The van der Waals surface area contributed by atoms with Gasteiger partial charge in [-0.1, -0.05) is 16.8 Å². The van der Waals surface area contributed by atoms with E-state index in [4.69, 9.17) is 20.5 Å². The van der Waals surface area contributed by atoms with E-state index in [1.807, 2.05) is 0 Å². The fourth-order valence-electron chi connectivity index (χ4n) is 1.86. The normalized spacial score (nSPS) is 12.1. The zero-order chi connectivity index (χ0) is 15.5. The van der Waals surface area contributed by atoms with E-state index in [9.17, 15) is 4.79 Å². The molecule has 3 rings (SSSR count). The van der Waals surface area contributed by atoms with Gasteiger partial charge in [-0.2, -0.15) is 4.98 Å². The first kappa shape index (κ1) is 14.3. The van der Waals surface area contributed by atoms with Gasteiger partial charge in [-0.3, -0.25) is 4.79 Å². The number of nitrogens with zero attached hydrogens (tertiary/aromatic N) is 2. The SMILES string of the molecule is C[C@H](NC(=O)c1ccco1)c1nc(-c2ccc(Cl)cc2)no1. The highest BCUT2D eigenvalue weighted by Crippen LogP contribution is 2.20. The maximum absolute atomic E-state index is 11.9. The van der Waals surface area contributed by atoms with Crippen molar-refractivity contribution in [1.82, 2.24) is 15.5 Å². The quantitative estimate of drug-likeness (QED) is 0.796. The largest absolute Gasteiger partial charge is 0.459 e. The molecule has 0 fully saturated rings. The highest BCUT2D eigenvalue weighted by atomic mass is 35.5. The Balaban J connectivity index is 1.73. The van der Waals surface area contributed by atoms with Crippen molar-refractivity contribution in [2.45, 2.75) is 13.0 Å². The van der Waals surface area contributed by atoms with Crippen LogP contribution < -0.4 is 5.32 Å². The fourth-order valence-corrected chi connectivity index (χ4v) is 1.99. The zero-order valence-corrected chi connectivity index (χ0v) is 12.4. The molecule has 1 amide bonds. The number of halogens is 1. The maximum Gasteiger partial charge on any atom is 0.287 e. The van der Waals surface area contributed by atoms with Gasteiger partial charge in [0.2, 0.25) is 11.7 Å². The van der Waals surface area contributed by atoms with Crippen LogP contribution in [0, 0.1) is 0 Å². The number of benzene rings is 1. The van der Waals surface area contributed by atoms with Gasteiger partial charge >= 0.3 is 0 Å². The first-order valence-corrected chi connectivity index (χ1v) is 6.95. The summed E-state index contributed by atoms with van der Waals surface area (Å²) in [5.41, 5.74) is 0.781. The third-order valence-electron chi connectivity index (χ3n) is 3.01. The monoisotopic (exact) mass is 317 g/mol. The predicted molar refractivity (Wildman–Crippen MR) is 79.3 cm³/mol. The maximum atomic E-state index is 11.9. The summed E-state index contributed by atoms with van der Waals surface area (Å²) >= 11 is 5.84. The van der Waals surface area contributed by atoms with Crippen LogP contribution in [0.1, 0.15) is 29.4 Å². The smallest absolute Gasteiger partial charge is 0.287 e. The van der Waals surface area contributed by atoms with Crippen molar-refractivity contribution in [3.8, 4) is 11.4 Å². The second-order valence-electron chi connectivity index (χ2n) is 4.64. The highest BCUT2D eigenvalue weighted by Gasteiger charge is 2.19. The summed E-state index contributed by atoms with van der Waals surface area (Å²) in [4.78, 5) is 16.2. The molecule has 0 aliphatic carbocycles. The van der Waals surface area contributed by atoms with E-state index in [2.05, 4.69) is 15.5 Å². The van der Waals surface area contributed by atoms with Gasteiger partial charge < -0.3 is 14.3 Å². The lowest BCUT2D eigenvalue weighted by atomic mass is 10.2. The van der Waals surface area contributed by atoms with Gasteiger partial charge in [-0.15, -0.1) is 0 Å². The molecule has 1 aromatic carbocycles. The van der Waals surface area contributed by atoms with E-state index in [-0.39, 0.29) is 11.7 Å². The lowest BCUT2D eigenvalue weighted by molar-refractivity contribution is 0.0904. The average molecular weight is 318 g/mol. The van der Waals surface area contributed by atoms with Crippen LogP contribution in [0.3, 0.4) is 0 Å². The third kappa shape index (κ3) is 3.01. The lowest BCUT2D eigenvalue weighted by Gasteiger charge is -2.07. The van der Waals surface area contributed by atoms with Crippen molar-refractivity contribution in [3.63, 3.8) is 0 Å². The first-order valence-electron chi connectivity index (χ1n) is 6.57. The lowest BCUT2D eigenvalue weighted by Crippen LogP contribution is -2.26. The van der Waals surface area contributed by atoms with E-state index in [1.54, 1.807) is 43.3 Å². The molecule has 0 unspecified atom stereocenters. The summed E-state index contributed by atoms with van der Waals surface area (Å²) in [6, 6.07) is 9.86. The molecule has 0 saturated carbocycles. The number of nitrogens with one attached hydrogen (secondary N) is 1. The Labute approximate surface area is 131 Å². The molecule has 6 nitrogen and oxygen atoms in total. The van der Waals surface area contributed by atoms with E-state index < -0.39 is 6.04 Å². The van der Waals surface area contributed by atoms with Gasteiger partial charge in [0, 0.05) is 10.6 Å². The second kappa shape index (κ2) is 6.03. The van der Waals surface area contributed by atoms with Gasteiger partial charge in [0.05, 0.1) is 6.26 Å². The van der Waals surface area contributed by atoms with Crippen molar-refractivity contribution in [3.05, 3.63) is 59.3 Å². The number of hydrogen-bond donors (Lipinski definition) is 1. The first-order chi connectivity index (χ1) is 10.6. The summed E-state index contributed by atoms with van der Waals surface area (Å²) < 4.78 is 10.2. The number of hydrogen-bond acceptors (Lipinski definition) is 5. The molecular weight excluding hydrogens is 306 g/mol. The molecule has 0 bridgehead atoms. The van der Waals surface area contributed by atoms with Crippen LogP contribution in [0.15, 0.2) is 51.6 Å². The molecule has 2 heterocycles. The molecule has 22 heavy (non-hydrogen) atoms. The molecule has 7 heteroatoms. The topological polar surface area (TPSA) is 81.2 Å². The molecular formula is C15H12ClN3O3. The van der Waals surface area contributed by atoms with Gasteiger partial charge in [0.15, 0.2) is 5.76 Å². The number of carbonyl (C=O) groups is 1. The minimum Gasteiger partial charge on any atom is -0.459 e. The Hall–Kier alpha value is -2.60. The number of carbonyl (C=O) groups excluding carboxylic acids is 1.